The lowest BCUT2D eigenvalue weighted by Gasteiger charge is -2.55. The van der Waals surface area contributed by atoms with E-state index in [0.717, 1.165) is 12.5 Å². The molecule has 1 heterocycles. The van der Waals surface area contributed by atoms with Crippen molar-refractivity contribution >= 4 is 0 Å². The van der Waals surface area contributed by atoms with Crippen LogP contribution in [0.2, 0.25) is 0 Å². The van der Waals surface area contributed by atoms with Crippen LogP contribution in [0.1, 0.15) is 72.1 Å². The molecule has 3 aliphatic rings. The van der Waals surface area contributed by atoms with Crippen LogP contribution in [0.15, 0.2) is 0 Å². The molecule has 2 heteroatoms. The molecule has 0 amide bonds. The molecule has 2 nitrogen and oxygen atoms in total. The lowest BCUT2D eigenvalue weighted by atomic mass is 9.57. The fraction of sp³-hybridized carbons (Fsp3) is 1.00. The van der Waals surface area contributed by atoms with Gasteiger partial charge in [-0.2, -0.15) is 0 Å². The molecule has 1 spiro atoms. The lowest BCUT2D eigenvalue weighted by molar-refractivity contribution is -0.157. The van der Waals surface area contributed by atoms with Gasteiger partial charge in [-0.3, -0.25) is 0 Å². The van der Waals surface area contributed by atoms with Crippen molar-refractivity contribution in [3.05, 3.63) is 0 Å². The van der Waals surface area contributed by atoms with E-state index in [2.05, 4.69) is 20.8 Å². The first kappa shape index (κ1) is 13.9. The van der Waals surface area contributed by atoms with Crippen molar-refractivity contribution in [2.75, 3.05) is 6.61 Å². The second-order valence-corrected chi connectivity index (χ2v) is 8.66. The van der Waals surface area contributed by atoms with E-state index >= 15 is 0 Å². The van der Waals surface area contributed by atoms with Crippen molar-refractivity contribution in [3.63, 3.8) is 0 Å². The highest BCUT2D eigenvalue weighted by Crippen LogP contribution is 2.52. The van der Waals surface area contributed by atoms with Crippen LogP contribution < -0.4 is 5.73 Å². The maximum absolute atomic E-state index is 6.94. The molecule has 2 saturated carbocycles. The van der Waals surface area contributed by atoms with Gasteiger partial charge < -0.3 is 10.5 Å². The van der Waals surface area contributed by atoms with Gasteiger partial charge in [-0.1, -0.05) is 20.8 Å². The molecule has 0 aromatic rings. The number of nitrogens with two attached hydrogens (primary N) is 1. The number of hydrogen-bond donors (Lipinski definition) is 1. The topological polar surface area (TPSA) is 35.2 Å². The fourth-order valence-electron chi connectivity index (χ4n) is 5.45. The van der Waals surface area contributed by atoms with E-state index in [-0.39, 0.29) is 11.1 Å². The van der Waals surface area contributed by atoms with Gasteiger partial charge in [-0.15, -0.1) is 0 Å². The van der Waals surface area contributed by atoms with Crippen LogP contribution in [0.3, 0.4) is 0 Å². The Morgan fingerprint density at radius 1 is 1.11 bits per heavy atom. The molecule has 0 bridgehead atoms. The summed E-state index contributed by atoms with van der Waals surface area (Å²) in [6.07, 6.45) is 10.1. The van der Waals surface area contributed by atoms with Gasteiger partial charge in [0.2, 0.25) is 0 Å². The van der Waals surface area contributed by atoms with Crippen molar-refractivity contribution in [1.82, 2.24) is 0 Å². The number of ether oxygens (including phenoxy) is 1. The SMILES string of the molecule is CC1CC(C)(C)CC(N)(C2CCOC3(CCC3)C2)C1. The molecule has 110 valence electrons. The van der Waals surface area contributed by atoms with Gasteiger partial charge >= 0.3 is 0 Å². The van der Waals surface area contributed by atoms with Gasteiger partial charge in [0.15, 0.2) is 0 Å². The summed E-state index contributed by atoms with van der Waals surface area (Å²) in [4.78, 5) is 0. The standard InChI is InChI=1S/C17H31NO/c1-13-9-15(2,3)12-17(18,10-13)14-5-8-19-16(11-14)6-4-7-16/h13-14H,4-12,18H2,1-3H3. The summed E-state index contributed by atoms with van der Waals surface area (Å²) >= 11 is 0. The summed E-state index contributed by atoms with van der Waals surface area (Å²) < 4.78 is 6.09. The summed E-state index contributed by atoms with van der Waals surface area (Å²) in [5, 5.41) is 0. The normalized spacial score (nSPS) is 44.8. The maximum Gasteiger partial charge on any atom is 0.0686 e. The number of hydrogen-bond acceptors (Lipinski definition) is 2. The van der Waals surface area contributed by atoms with Crippen LogP contribution in [0.25, 0.3) is 0 Å². The van der Waals surface area contributed by atoms with Gasteiger partial charge in [-0.05, 0) is 68.6 Å². The average Bonchev–Trinajstić information content (AvgIpc) is 2.24. The monoisotopic (exact) mass is 265 g/mol. The second kappa shape index (κ2) is 4.46. The Kier molecular flexibility index (Phi) is 3.26. The van der Waals surface area contributed by atoms with Crippen LogP contribution in [0, 0.1) is 17.3 Å². The van der Waals surface area contributed by atoms with Gasteiger partial charge in [0.25, 0.3) is 0 Å². The maximum atomic E-state index is 6.94. The predicted octanol–water partition coefficient (Wildman–Crippen LogP) is 3.88. The molecule has 19 heavy (non-hydrogen) atoms. The highest BCUT2D eigenvalue weighted by atomic mass is 16.5. The summed E-state index contributed by atoms with van der Waals surface area (Å²) in [6, 6.07) is 0. The van der Waals surface area contributed by atoms with Gasteiger partial charge in [0, 0.05) is 12.1 Å². The Morgan fingerprint density at radius 3 is 2.42 bits per heavy atom. The molecule has 3 unspecified atom stereocenters. The first-order valence-electron chi connectivity index (χ1n) is 8.26. The Hall–Kier alpha value is -0.0800. The van der Waals surface area contributed by atoms with E-state index in [1.807, 2.05) is 0 Å². The third kappa shape index (κ3) is 2.58. The molecule has 1 aliphatic heterocycles. The molecule has 3 rings (SSSR count). The van der Waals surface area contributed by atoms with Crippen molar-refractivity contribution in [3.8, 4) is 0 Å². The van der Waals surface area contributed by atoms with Gasteiger partial charge in [0.05, 0.1) is 5.60 Å². The van der Waals surface area contributed by atoms with E-state index < -0.39 is 0 Å². The molecule has 3 atom stereocenters. The molecule has 0 aromatic carbocycles. The Morgan fingerprint density at radius 2 is 1.84 bits per heavy atom. The third-order valence-corrected chi connectivity index (χ3v) is 6.01. The average molecular weight is 265 g/mol. The van der Waals surface area contributed by atoms with Crippen LogP contribution in [-0.4, -0.2) is 17.7 Å². The Bertz CT molecular complexity index is 347. The van der Waals surface area contributed by atoms with Crippen molar-refractivity contribution in [2.24, 2.45) is 23.0 Å². The number of rotatable bonds is 1. The largest absolute Gasteiger partial charge is 0.375 e. The fourth-order valence-corrected chi connectivity index (χ4v) is 5.45. The Labute approximate surface area is 118 Å². The van der Waals surface area contributed by atoms with Crippen LogP contribution in [-0.2, 0) is 4.74 Å². The predicted molar refractivity (Wildman–Crippen MR) is 79.0 cm³/mol. The van der Waals surface area contributed by atoms with Crippen LogP contribution in [0.4, 0.5) is 0 Å². The van der Waals surface area contributed by atoms with E-state index in [4.69, 9.17) is 10.5 Å². The first-order chi connectivity index (χ1) is 8.83. The molecular formula is C17H31NO. The van der Waals surface area contributed by atoms with Crippen molar-refractivity contribution in [2.45, 2.75) is 83.3 Å². The Balaban J connectivity index is 1.75. The highest BCUT2D eigenvalue weighted by molar-refractivity contribution is 5.05. The minimum atomic E-state index is 0.0630. The van der Waals surface area contributed by atoms with E-state index in [1.165, 1.54) is 51.4 Å². The molecule has 3 fully saturated rings. The molecule has 2 aliphatic carbocycles. The smallest absolute Gasteiger partial charge is 0.0686 e. The zero-order chi connectivity index (χ0) is 13.7. The highest BCUT2D eigenvalue weighted by Gasteiger charge is 2.51. The molecule has 0 radical (unpaired) electrons. The van der Waals surface area contributed by atoms with Crippen molar-refractivity contribution < 1.29 is 4.74 Å². The minimum Gasteiger partial charge on any atom is -0.375 e. The molecular weight excluding hydrogens is 234 g/mol. The molecule has 0 aromatic heterocycles. The summed E-state index contributed by atoms with van der Waals surface area (Å²) in [5.74, 6) is 1.46. The first-order valence-corrected chi connectivity index (χ1v) is 8.26. The van der Waals surface area contributed by atoms with E-state index in [0.29, 0.717) is 11.3 Å². The minimum absolute atomic E-state index is 0.0630. The summed E-state index contributed by atoms with van der Waals surface area (Å²) in [7, 11) is 0. The quantitative estimate of drug-likeness (QED) is 0.781. The summed E-state index contributed by atoms with van der Waals surface area (Å²) in [6.45, 7) is 8.14. The van der Waals surface area contributed by atoms with E-state index in [1.54, 1.807) is 0 Å². The van der Waals surface area contributed by atoms with Crippen LogP contribution in [0.5, 0.6) is 0 Å². The van der Waals surface area contributed by atoms with Gasteiger partial charge in [-0.25, -0.2) is 0 Å². The summed E-state index contributed by atoms with van der Waals surface area (Å²) in [5.41, 5.74) is 7.66. The molecule has 1 saturated heterocycles. The van der Waals surface area contributed by atoms with Crippen molar-refractivity contribution in [1.29, 1.82) is 0 Å². The lowest BCUT2D eigenvalue weighted by Crippen LogP contribution is -2.59. The van der Waals surface area contributed by atoms with Gasteiger partial charge in [0.1, 0.15) is 0 Å². The zero-order valence-corrected chi connectivity index (χ0v) is 13.0. The third-order valence-electron chi connectivity index (χ3n) is 6.01. The zero-order valence-electron chi connectivity index (χ0n) is 13.0. The van der Waals surface area contributed by atoms with E-state index in [9.17, 15) is 0 Å². The second-order valence-electron chi connectivity index (χ2n) is 8.66. The molecule has 2 N–H and O–H groups in total. The van der Waals surface area contributed by atoms with Crippen LogP contribution >= 0.6 is 0 Å².